The second kappa shape index (κ2) is 3.16. The van der Waals surface area contributed by atoms with Crippen LogP contribution in [-0.2, 0) is 17.8 Å². The standard InChI is InChI=1S/C10H14O3/c1-12-7-9-3-2-8(13-9)6-10(11)4-5-10/h2-3,11H,4-7H2,1H3. The molecule has 3 heteroatoms. The molecule has 1 saturated carbocycles. The first-order valence-electron chi connectivity index (χ1n) is 4.51. The molecule has 0 unspecified atom stereocenters. The number of hydrogen-bond donors (Lipinski definition) is 1. The van der Waals surface area contributed by atoms with Crippen LogP contribution in [0.15, 0.2) is 16.5 Å². The molecule has 0 saturated heterocycles. The Morgan fingerprint density at radius 2 is 2.15 bits per heavy atom. The van der Waals surface area contributed by atoms with E-state index >= 15 is 0 Å². The van der Waals surface area contributed by atoms with E-state index < -0.39 is 5.60 Å². The number of methoxy groups -OCH3 is 1. The third-order valence-corrected chi connectivity index (χ3v) is 2.33. The van der Waals surface area contributed by atoms with Crippen LogP contribution in [-0.4, -0.2) is 17.8 Å². The van der Waals surface area contributed by atoms with E-state index in [1.807, 2.05) is 12.1 Å². The molecule has 0 amide bonds. The summed E-state index contributed by atoms with van der Waals surface area (Å²) in [4.78, 5) is 0. The Hall–Kier alpha value is -0.800. The Bertz CT molecular complexity index is 286. The van der Waals surface area contributed by atoms with Crippen molar-refractivity contribution in [2.24, 2.45) is 0 Å². The lowest BCUT2D eigenvalue weighted by atomic mass is 10.2. The van der Waals surface area contributed by atoms with Crippen LogP contribution >= 0.6 is 0 Å². The smallest absolute Gasteiger partial charge is 0.129 e. The summed E-state index contributed by atoms with van der Waals surface area (Å²) in [6, 6.07) is 3.80. The van der Waals surface area contributed by atoms with E-state index in [0.717, 1.165) is 24.4 Å². The van der Waals surface area contributed by atoms with Gasteiger partial charge in [-0.25, -0.2) is 0 Å². The number of furan rings is 1. The van der Waals surface area contributed by atoms with Crippen molar-refractivity contribution in [3.63, 3.8) is 0 Å². The highest BCUT2D eigenvalue weighted by Crippen LogP contribution is 2.38. The maximum absolute atomic E-state index is 9.63. The molecule has 3 nitrogen and oxygen atoms in total. The van der Waals surface area contributed by atoms with Crippen molar-refractivity contribution in [1.82, 2.24) is 0 Å². The molecule has 1 aromatic heterocycles. The van der Waals surface area contributed by atoms with Crippen molar-refractivity contribution in [3.8, 4) is 0 Å². The van der Waals surface area contributed by atoms with E-state index in [0.29, 0.717) is 13.0 Å². The topological polar surface area (TPSA) is 42.6 Å². The van der Waals surface area contributed by atoms with Gasteiger partial charge < -0.3 is 14.3 Å². The third-order valence-electron chi connectivity index (χ3n) is 2.33. The van der Waals surface area contributed by atoms with Crippen molar-refractivity contribution in [3.05, 3.63) is 23.7 Å². The van der Waals surface area contributed by atoms with Crippen LogP contribution < -0.4 is 0 Å². The van der Waals surface area contributed by atoms with Gasteiger partial charge in [0, 0.05) is 13.5 Å². The fraction of sp³-hybridized carbons (Fsp3) is 0.600. The maximum atomic E-state index is 9.63. The second-order valence-electron chi connectivity index (χ2n) is 3.70. The molecule has 0 aromatic carbocycles. The highest BCUT2D eigenvalue weighted by Gasteiger charge is 2.41. The lowest BCUT2D eigenvalue weighted by molar-refractivity contribution is 0.136. The van der Waals surface area contributed by atoms with Gasteiger partial charge in [-0.15, -0.1) is 0 Å². The number of ether oxygens (including phenoxy) is 1. The average molecular weight is 182 g/mol. The Labute approximate surface area is 77.3 Å². The van der Waals surface area contributed by atoms with E-state index in [2.05, 4.69) is 0 Å². The summed E-state index contributed by atoms with van der Waals surface area (Å²) in [5.74, 6) is 1.67. The molecule has 72 valence electrons. The summed E-state index contributed by atoms with van der Waals surface area (Å²) in [6.45, 7) is 0.498. The molecule has 0 bridgehead atoms. The van der Waals surface area contributed by atoms with Crippen molar-refractivity contribution >= 4 is 0 Å². The Kier molecular flexibility index (Phi) is 2.14. The molecule has 0 atom stereocenters. The average Bonchev–Trinajstić information content (AvgIpc) is 2.61. The summed E-state index contributed by atoms with van der Waals surface area (Å²) >= 11 is 0. The number of rotatable bonds is 4. The minimum Gasteiger partial charge on any atom is -0.464 e. The lowest BCUT2D eigenvalue weighted by Crippen LogP contribution is -2.09. The van der Waals surface area contributed by atoms with E-state index in [1.165, 1.54) is 0 Å². The van der Waals surface area contributed by atoms with Crippen LogP contribution in [0.3, 0.4) is 0 Å². The summed E-state index contributed by atoms with van der Waals surface area (Å²) in [6.07, 6.45) is 2.43. The minimum absolute atomic E-state index is 0.470. The van der Waals surface area contributed by atoms with Crippen molar-refractivity contribution < 1.29 is 14.3 Å². The first-order chi connectivity index (χ1) is 6.22. The molecule has 0 aliphatic heterocycles. The van der Waals surface area contributed by atoms with Gasteiger partial charge in [0.2, 0.25) is 0 Å². The van der Waals surface area contributed by atoms with Gasteiger partial charge >= 0.3 is 0 Å². The van der Waals surface area contributed by atoms with Gasteiger partial charge in [0.05, 0.1) is 5.60 Å². The zero-order chi connectivity index (χ0) is 9.31. The Morgan fingerprint density at radius 1 is 1.46 bits per heavy atom. The largest absolute Gasteiger partial charge is 0.464 e. The monoisotopic (exact) mass is 182 g/mol. The predicted molar refractivity (Wildman–Crippen MR) is 47.3 cm³/mol. The van der Waals surface area contributed by atoms with Crippen LogP contribution in [0.5, 0.6) is 0 Å². The van der Waals surface area contributed by atoms with E-state index in [9.17, 15) is 5.11 Å². The SMILES string of the molecule is COCc1ccc(CC2(O)CC2)o1. The molecule has 1 N–H and O–H groups in total. The third kappa shape index (κ3) is 2.11. The van der Waals surface area contributed by atoms with E-state index in [-0.39, 0.29) is 0 Å². The summed E-state index contributed by atoms with van der Waals surface area (Å²) in [5.41, 5.74) is -0.470. The van der Waals surface area contributed by atoms with Gasteiger partial charge in [-0.2, -0.15) is 0 Å². The van der Waals surface area contributed by atoms with Gasteiger partial charge in [-0.3, -0.25) is 0 Å². The quantitative estimate of drug-likeness (QED) is 0.767. The highest BCUT2D eigenvalue weighted by molar-refractivity contribution is 5.12. The molecule has 1 heterocycles. The van der Waals surface area contributed by atoms with Gasteiger partial charge in [-0.1, -0.05) is 0 Å². The normalized spacial score (nSPS) is 18.9. The molecule has 0 radical (unpaired) electrons. The lowest BCUT2D eigenvalue weighted by Gasteiger charge is -2.03. The highest BCUT2D eigenvalue weighted by atomic mass is 16.5. The predicted octanol–water partition coefficient (Wildman–Crippen LogP) is 1.49. The maximum Gasteiger partial charge on any atom is 0.129 e. The summed E-state index contributed by atoms with van der Waals surface area (Å²) in [5, 5.41) is 9.63. The molecular formula is C10H14O3. The van der Waals surface area contributed by atoms with Gasteiger partial charge in [-0.05, 0) is 25.0 Å². The molecule has 1 aliphatic carbocycles. The van der Waals surface area contributed by atoms with Gasteiger partial charge in [0.1, 0.15) is 18.1 Å². The molecule has 13 heavy (non-hydrogen) atoms. The van der Waals surface area contributed by atoms with Crippen LogP contribution in [0.1, 0.15) is 24.4 Å². The minimum atomic E-state index is -0.470. The second-order valence-corrected chi connectivity index (χ2v) is 3.70. The molecule has 0 spiro atoms. The molecule has 1 aromatic rings. The van der Waals surface area contributed by atoms with Crippen molar-refractivity contribution in [2.75, 3.05) is 7.11 Å². The number of aliphatic hydroxyl groups is 1. The zero-order valence-corrected chi connectivity index (χ0v) is 7.75. The number of hydrogen-bond acceptors (Lipinski definition) is 3. The molecule has 1 fully saturated rings. The fourth-order valence-corrected chi connectivity index (χ4v) is 1.38. The van der Waals surface area contributed by atoms with Crippen LogP contribution in [0.4, 0.5) is 0 Å². The van der Waals surface area contributed by atoms with E-state index in [4.69, 9.17) is 9.15 Å². The van der Waals surface area contributed by atoms with Crippen molar-refractivity contribution in [1.29, 1.82) is 0 Å². The molecular weight excluding hydrogens is 168 g/mol. The van der Waals surface area contributed by atoms with Gasteiger partial charge in [0.25, 0.3) is 0 Å². The summed E-state index contributed by atoms with van der Waals surface area (Å²) in [7, 11) is 1.64. The zero-order valence-electron chi connectivity index (χ0n) is 7.75. The van der Waals surface area contributed by atoms with Crippen LogP contribution in [0, 0.1) is 0 Å². The first-order valence-corrected chi connectivity index (χ1v) is 4.51. The first kappa shape index (κ1) is 8.78. The van der Waals surface area contributed by atoms with E-state index in [1.54, 1.807) is 7.11 Å². The Balaban J connectivity index is 1.97. The summed E-state index contributed by atoms with van der Waals surface area (Å²) < 4.78 is 10.4. The van der Waals surface area contributed by atoms with Crippen molar-refractivity contribution in [2.45, 2.75) is 31.5 Å². The molecule has 2 rings (SSSR count). The Morgan fingerprint density at radius 3 is 2.77 bits per heavy atom. The molecule has 1 aliphatic rings. The van der Waals surface area contributed by atoms with Crippen LogP contribution in [0.25, 0.3) is 0 Å². The van der Waals surface area contributed by atoms with Crippen LogP contribution in [0.2, 0.25) is 0 Å². The van der Waals surface area contributed by atoms with Gasteiger partial charge in [0.15, 0.2) is 0 Å². The fourth-order valence-electron chi connectivity index (χ4n) is 1.38.